The predicted octanol–water partition coefficient (Wildman–Crippen LogP) is 0.482. The molecule has 0 amide bonds. The van der Waals surface area contributed by atoms with E-state index in [0.717, 1.165) is 0 Å². The SMILES string of the molecule is Nc1ccc(O)cn1.[H+]. The zero-order valence-corrected chi connectivity index (χ0v) is 4.20. The Hall–Kier alpha value is -1.25. The van der Waals surface area contributed by atoms with E-state index in [0.29, 0.717) is 5.82 Å². The largest absolute Gasteiger partial charge is 1.00 e. The first-order valence-electron chi connectivity index (χ1n) is 2.19. The van der Waals surface area contributed by atoms with Crippen LogP contribution in [-0.2, 0) is 0 Å². The number of rotatable bonds is 0. The van der Waals surface area contributed by atoms with Crippen LogP contribution in [0.15, 0.2) is 18.3 Å². The van der Waals surface area contributed by atoms with Gasteiger partial charge in [-0.15, -0.1) is 0 Å². The van der Waals surface area contributed by atoms with Gasteiger partial charge in [-0.2, -0.15) is 0 Å². The van der Waals surface area contributed by atoms with Crippen LogP contribution >= 0.6 is 0 Å². The number of nitrogens with two attached hydrogens (primary N) is 1. The van der Waals surface area contributed by atoms with E-state index in [1.54, 1.807) is 0 Å². The van der Waals surface area contributed by atoms with E-state index >= 15 is 0 Å². The van der Waals surface area contributed by atoms with Crippen LogP contribution in [0.25, 0.3) is 0 Å². The molecule has 0 atom stereocenters. The van der Waals surface area contributed by atoms with Gasteiger partial charge in [-0.1, -0.05) is 0 Å². The molecule has 1 rings (SSSR count). The van der Waals surface area contributed by atoms with Crippen molar-refractivity contribution in [3.63, 3.8) is 0 Å². The highest BCUT2D eigenvalue weighted by Gasteiger charge is 1.83. The van der Waals surface area contributed by atoms with Crippen LogP contribution in [0.3, 0.4) is 0 Å². The third-order valence-corrected chi connectivity index (χ3v) is 0.771. The Balaban J connectivity index is 0.000000640. The minimum atomic E-state index is 0. The molecule has 8 heavy (non-hydrogen) atoms. The molecule has 0 spiro atoms. The lowest BCUT2D eigenvalue weighted by atomic mass is 10.4. The van der Waals surface area contributed by atoms with E-state index in [1.807, 2.05) is 0 Å². The van der Waals surface area contributed by atoms with E-state index < -0.39 is 0 Å². The summed E-state index contributed by atoms with van der Waals surface area (Å²) >= 11 is 0. The van der Waals surface area contributed by atoms with Gasteiger partial charge < -0.3 is 10.8 Å². The molecule has 0 aliphatic rings. The molecule has 0 saturated carbocycles. The van der Waals surface area contributed by atoms with Gasteiger partial charge in [-0.3, -0.25) is 0 Å². The number of pyridine rings is 1. The third kappa shape index (κ3) is 0.872. The van der Waals surface area contributed by atoms with Crippen molar-refractivity contribution in [1.29, 1.82) is 0 Å². The lowest BCUT2D eigenvalue weighted by molar-refractivity contribution is 0.473. The fourth-order valence-electron chi connectivity index (χ4n) is 0.397. The summed E-state index contributed by atoms with van der Waals surface area (Å²) in [6.07, 6.45) is 1.30. The Labute approximate surface area is 48.3 Å². The Morgan fingerprint density at radius 1 is 1.62 bits per heavy atom. The minimum absolute atomic E-state index is 0. The van der Waals surface area contributed by atoms with Crippen molar-refractivity contribution >= 4 is 5.82 Å². The van der Waals surface area contributed by atoms with Crippen molar-refractivity contribution in [3.05, 3.63) is 18.3 Å². The second-order valence-electron chi connectivity index (χ2n) is 1.44. The summed E-state index contributed by atoms with van der Waals surface area (Å²) in [5.41, 5.74) is 5.20. The first-order valence-corrected chi connectivity index (χ1v) is 2.19. The van der Waals surface area contributed by atoms with Crippen molar-refractivity contribution in [1.82, 2.24) is 4.98 Å². The Bertz CT molecular complexity index is 154. The molecule has 0 saturated heterocycles. The molecule has 0 aliphatic heterocycles. The van der Waals surface area contributed by atoms with Crippen molar-refractivity contribution in [3.8, 4) is 5.75 Å². The van der Waals surface area contributed by atoms with E-state index in [2.05, 4.69) is 4.98 Å². The zero-order chi connectivity index (χ0) is 5.98. The van der Waals surface area contributed by atoms with Gasteiger partial charge in [0, 0.05) is 0 Å². The van der Waals surface area contributed by atoms with E-state index in [1.165, 1.54) is 18.3 Å². The van der Waals surface area contributed by atoms with Gasteiger partial charge in [0.15, 0.2) is 0 Å². The van der Waals surface area contributed by atoms with Crippen LogP contribution in [0.4, 0.5) is 5.82 Å². The Kier molecular flexibility index (Phi) is 1.04. The maximum absolute atomic E-state index is 8.64. The van der Waals surface area contributed by atoms with Gasteiger partial charge in [0.2, 0.25) is 0 Å². The smallest absolute Gasteiger partial charge is 0.506 e. The monoisotopic (exact) mass is 111 g/mol. The Morgan fingerprint density at radius 2 is 2.38 bits per heavy atom. The second kappa shape index (κ2) is 1.69. The summed E-state index contributed by atoms with van der Waals surface area (Å²) in [6.45, 7) is 0. The lowest BCUT2D eigenvalue weighted by Gasteiger charge is -1.88. The maximum atomic E-state index is 8.64. The van der Waals surface area contributed by atoms with Crippen LogP contribution in [0.2, 0.25) is 0 Å². The summed E-state index contributed by atoms with van der Waals surface area (Å²) in [6, 6.07) is 3.03. The molecule has 3 heteroatoms. The zero-order valence-electron chi connectivity index (χ0n) is 5.20. The van der Waals surface area contributed by atoms with Crippen LogP contribution in [-0.4, -0.2) is 10.1 Å². The van der Waals surface area contributed by atoms with Crippen molar-refractivity contribution < 1.29 is 6.53 Å². The number of aromatic hydroxyl groups is 1. The minimum Gasteiger partial charge on any atom is -0.506 e. The molecular weight excluding hydrogens is 104 g/mol. The van der Waals surface area contributed by atoms with Gasteiger partial charge in [0.05, 0.1) is 6.20 Å². The molecule has 0 fully saturated rings. The number of hydrogen-bond acceptors (Lipinski definition) is 3. The summed E-state index contributed by atoms with van der Waals surface area (Å²) in [5, 5.41) is 8.64. The van der Waals surface area contributed by atoms with E-state index in [-0.39, 0.29) is 7.18 Å². The molecule has 0 bridgehead atoms. The van der Waals surface area contributed by atoms with Gasteiger partial charge in [0.25, 0.3) is 0 Å². The highest BCUT2D eigenvalue weighted by molar-refractivity contribution is 5.31. The lowest BCUT2D eigenvalue weighted by Crippen LogP contribution is -1.85. The third-order valence-electron chi connectivity index (χ3n) is 0.771. The first kappa shape index (κ1) is 4.90. The van der Waals surface area contributed by atoms with E-state index in [4.69, 9.17) is 10.8 Å². The highest BCUT2D eigenvalue weighted by Crippen LogP contribution is 2.05. The van der Waals surface area contributed by atoms with Crippen molar-refractivity contribution in [2.24, 2.45) is 0 Å². The summed E-state index contributed by atoms with van der Waals surface area (Å²) < 4.78 is 0. The molecule has 0 unspecified atom stereocenters. The van der Waals surface area contributed by atoms with Crippen LogP contribution in [0.1, 0.15) is 1.43 Å². The molecule has 1 aromatic rings. The number of hydrogen-bond donors (Lipinski definition) is 2. The van der Waals surface area contributed by atoms with Gasteiger partial charge >= 0.3 is 1.43 Å². The number of anilines is 1. The molecule has 1 aromatic heterocycles. The normalized spacial score (nSPS) is 9.00. The average Bonchev–Trinajstić information content (AvgIpc) is 1.77. The van der Waals surface area contributed by atoms with Crippen LogP contribution < -0.4 is 5.73 Å². The van der Waals surface area contributed by atoms with Crippen molar-refractivity contribution in [2.45, 2.75) is 0 Å². The van der Waals surface area contributed by atoms with Gasteiger partial charge in [-0.25, -0.2) is 4.98 Å². The van der Waals surface area contributed by atoms with Crippen LogP contribution in [0, 0.1) is 0 Å². The summed E-state index contributed by atoms with van der Waals surface area (Å²) in [5.74, 6) is 0.557. The molecule has 3 nitrogen and oxygen atoms in total. The molecule has 0 aliphatic carbocycles. The number of nitrogens with zero attached hydrogens (tertiary/aromatic N) is 1. The topological polar surface area (TPSA) is 59.1 Å². The van der Waals surface area contributed by atoms with Crippen LogP contribution in [0.5, 0.6) is 5.75 Å². The molecule has 3 N–H and O–H groups in total. The Morgan fingerprint density at radius 3 is 2.75 bits per heavy atom. The standard InChI is InChI=1S/C5H6N2O/c6-5-2-1-4(8)3-7-5/h1-3,8H,(H2,6,7)/p+1. The highest BCUT2D eigenvalue weighted by atomic mass is 16.3. The average molecular weight is 111 g/mol. The van der Waals surface area contributed by atoms with Gasteiger partial charge in [-0.05, 0) is 12.1 Å². The molecule has 0 aromatic carbocycles. The fourth-order valence-corrected chi connectivity index (χ4v) is 0.397. The quantitative estimate of drug-likeness (QED) is 0.512. The first-order chi connectivity index (χ1) is 3.79. The van der Waals surface area contributed by atoms with Crippen molar-refractivity contribution in [2.75, 3.05) is 5.73 Å². The van der Waals surface area contributed by atoms with Gasteiger partial charge in [0.1, 0.15) is 11.6 Å². The maximum Gasteiger partial charge on any atom is 1.00 e. The summed E-state index contributed by atoms with van der Waals surface area (Å²) in [4.78, 5) is 3.61. The molecule has 0 radical (unpaired) electrons. The molecule has 1 heterocycles. The number of nitrogen functional groups attached to an aromatic ring is 1. The second-order valence-corrected chi connectivity index (χ2v) is 1.44. The van der Waals surface area contributed by atoms with E-state index in [9.17, 15) is 0 Å². The fraction of sp³-hybridized carbons (Fsp3) is 0. The summed E-state index contributed by atoms with van der Waals surface area (Å²) in [7, 11) is 0. The molecule has 42 valence electrons. The predicted molar refractivity (Wildman–Crippen MR) is 31.4 cm³/mol. The number of aromatic nitrogens is 1. The molecular formula is C5H7N2O+.